The molecule has 2 aliphatic heterocycles. The summed E-state index contributed by atoms with van der Waals surface area (Å²) in [7, 11) is 0. The van der Waals surface area contributed by atoms with Crippen molar-refractivity contribution in [2.75, 3.05) is 58.8 Å². The molecule has 1 aromatic rings. The Kier molecular flexibility index (Phi) is 6.76. The van der Waals surface area contributed by atoms with E-state index in [0.717, 1.165) is 56.3 Å². The van der Waals surface area contributed by atoms with Gasteiger partial charge in [-0.1, -0.05) is 12.1 Å². The number of benzene rings is 1. The van der Waals surface area contributed by atoms with Crippen LogP contribution in [0.4, 0.5) is 0 Å². The van der Waals surface area contributed by atoms with Crippen LogP contribution in [0.15, 0.2) is 29.2 Å². The van der Waals surface area contributed by atoms with Gasteiger partial charge in [-0.25, -0.2) is 0 Å². The van der Waals surface area contributed by atoms with Gasteiger partial charge in [-0.15, -0.1) is 11.8 Å². The number of thioether (sulfide) groups is 1. The third-order valence-electron chi connectivity index (χ3n) is 5.13. The molecule has 0 bridgehead atoms. The van der Waals surface area contributed by atoms with E-state index in [1.807, 2.05) is 35.4 Å². The Morgan fingerprint density at radius 2 is 1.96 bits per heavy atom. The van der Waals surface area contributed by atoms with Crippen LogP contribution in [0.2, 0.25) is 0 Å². The molecule has 2 saturated heterocycles. The molecule has 5 nitrogen and oxygen atoms in total. The van der Waals surface area contributed by atoms with Gasteiger partial charge in [-0.3, -0.25) is 9.69 Å². The average Bonchev–Trinajstić information content (AvgIpc) is 2.67. The van der Waals surface area contributed by atoms with Crippen LogP contribution in [0.5, 0.6) is 0 Å². The summed E-state index contributed by atoms with van der Waals surface area (Å²) in [6.45, 7) is 6.06. The van der Waals surface area contributed by atoms with Gasteiger partial charge in [0.2, 0.25) is 0 Å². The predicted molar refractivity (Wildman–Crippen MR) is 100 cm³/mol. The number of hydrogen-bond acceptors (Lipinski definition) is 5. The first-order chi connectivity index (χ1) is 12.2. The number of likely N-dealkylation sites (tertiary alicyclic amines) is 1. The van der Waals surface area contributed by atoms with E-state index >= 15 is 0 Å². The highest BCUT2D eigenvalue weighted by Crippen LogP contribution is 2.27. The van der Waals surface area contributed by atoms with E-state index in [4.69, 9.17) is 4.74 Å². The fourth-order valence-corrected chi connectivity index (χ4v) is 4.48. The maximum absolute atomic E-state index is 13.1. The van der Waals surface area contributed by atoms with Gasteiger partial charge in [0.15, 0.2) is 0 Å². The first-order valence-electron chi connectivity index (χ1n) is 9.04. The van der Waals surface area contributed by atoms with Crippen molar-refractivity contribution in [2.24, 2.45) is 11.8 Å². The number of aliphatic hydroxyl groups is 1. The van der Waals surface area contributed by atoms with Gasteiger partial charge in [-0.05, 0) is 36.6 Å². The first kappa shape index (κ1) is 18.7. The van der Waals surface area contributed by atoms with Crippen LogP contribution >= 0.6 is 11.8 Å². The summed E-state index contributed by atoms with van der Waals surface area (Å²) in [5.74, 6) is 0.676. The maximum Gasteiger partial charge on any atom is 0.255 e. The van der Waals surface area contributed by atoms with Crippen LogP contribution in [0, 0.1) is 11.8 Å². The summed E-state index contributed by atoms with van der Waals surface area (Å²) in [6, 6.07) is 7.80. The zero-order valence-electron chi connectivity index (χ0n) is 14.9. The summed E-state index contributed by atoms with van der Waals surface area (Å²) < 4.78 is 5.43. The SMILES string of the molecule is CSc1ccccc1C(=O)N1C[C@H](CO)C[C@H](CN2CCOCC2)C1. The molecule has 2 atom stereocenters. The number of morpholine rings is 1. The quantitative estimate of drug-likeness (QED) is 0.808. The zero-order valence-corrected chi connectivity index (χ0v) is 15.7. The minimum Gasteiger partial charge on any atom is -0.396 e. The number of piperidine rings is 1. The molecule has 2 fully saturated rings. The number of carbonyl (C=O) groups excluding carboxylic acids is 1. The van der Waals surface area contributed by atoms with Crippen molar-refractivity contribution in [3.05, 3.63) is 29.8 Å². The maximum atomic E-state index is 13.1. The molecule has 2 heterocycles. The second-order valence-corrected chi connectivity index (χ2v) is 7.82. The largest absolute Gasteiger partial charge is 0.396 e. The monoisotopic (exact) mass is 364 g/mol. The Bertz CT molecular complexity index is 578. The van der Waals surface area contributed by atoms with Gasteiger partial charge < -0.3 is 14.7 Å². The average molecular weight is 365 g/mol. The normalized spacial score (nSPS) is 25.1. The van der Waals surface area contributed by atoms with E-state index in [-0.39, 0.29) is 18.4 Å². The molecular formula is C19H28N2O3S. The number of aliphatic hydroxyl groups excluding tert-OH is 1. The Labute approximate surface area is 154 Å². The Hall–Kier alpha value is -1.08. The molecule has 0 radical (unpaired) electrons. The number of nitrogens with zero attached hydrogens (tertiary/aromatic N) is 2. The molecule has 138 valence electrons. The standard InChI is InChI=1S/C19H28N2O3S/c1-25-18-5-3-2-4-17(18)19(23)21-12-15(10-16(13-21)14-22)11-20-6-8-24-9-7-20/h2-5,15-16,22H,6-14H2,1H3/t15-,16-/m1/s1. The van der Waals surface area contributed by atoms with Crippen LogP contribution < -0.4 is 0 Å². The number of hydrogen-bond donors (Lipinski definition) is 1. The van der Waals surface area contributed by atoms with Gasteiger partial charge in [-0.2, -0.15) is 0 Å². The molecule has 0 spiro atoms. The Morgan fingerprint density at radius 1 is 1.24 bits per heavy atom. The van der Waals surface area contributed by atoms with Gasteiger partial charge >= 0.3 is 0 Å². The lowest BCUT2D eigenvalue weighted by atomic mass is 9.88. The van der Waals surface area contributed by atoms with Crippen molar-refractivity contribution in [3.8, 4) is 0 Å². The third kappa shape index (κ3) is 4.76. The number of rotatable bonds is 5. The van der Waals surface area contributed by atoms with Crippen molar-refractivity contribution >= 4 is 17.7 Å². The molecule has 0 unspecified atom stereocenters. The highest BCUT2D eigenvalue weighted by Gasteiger charge is 2.32. The number of amides is 1. The summed E-state index contributed by atoms with van der Waals surface area (Å²) in [4.78, 5) is 18.5. The number of carbonyl (C=O) groups is 1. The van der Waals surface area contributed by atoms with Crippen molar-refractivity contribution in [1.82, 2.24) is 9.80 Å². The number of ether oxygens (including phenoxy) is 1. The minimum atomic E-state index is 0.0927. The summed E-state index contributed by atoms with van der Waals surface area (Å²) in [6.07, 6.45) is 2.99. The van der Waals surface area contributed by atoms with Crippen molar-refractivity contribution in [3.63, 3.8) is 0 Å². The lowest BCUT2D eigenvalue weighted by molar-refractivity contribution is 0.0129. The van der Waals surface area contributed by atoms with E-state index < -0.39 is 0 Å². The van der Waals surface area contributed by atoms with E-state index in [1.54, 1.807) is 11.8 Å². The van der Waals surface area contributed by atoms with E-state index in [2.05, 4.69) is 4.90 Å². The second kappa shape index (κ2) is 9.03. The van der Waals surface area contributed by atoms with E-state index in [1.165, 1.54) is 0 Å². The van der Waals surface area contributed by atoms with Crippen LogP contribution in [-0.2, 0) is 4.74 Å². The van der Waals surface area contributed by atoms with Gasteiger partial charge in [0.05, 0.1) is 18.8 Å². The highest BCUT2D eigenvalue weighted by molar-refractivity contribution is 7.98. The summed E-state index contributed by atoms with van der Waals surface area (Å²) in [5.41, 5.74) is 0.777. The molecule has 0 saturated carbocycles. The lowest BCUT2D eigenvalue weighted by Gasteiger charge is -2.40. The molecule has 0 aliphatic carbocycles. The molecule has 1 amide bonds. The third-order valence-corrected chi connectivity index (χ3v) is 5.92. The predicted octanol–water partition coefficient (Wildman–Crippen LogP) is 1.81. The molecule has 2 aliphatic rings. The fraction of sp³-hybridized carbons (Fsp3) is 0.632. The van der Waals surface area contributed by atoms with E-state index in [0.29, 0.717) is 12.5 Å². The van der Waals surface area contributed by atoms with Crippen LogP contribution in [-0.4, -0.2) is 79.6 Å². The molecule has 1 N–H and O–H groups in total. The molecule has 1 aromatic carbocycles. The molecule has 6 heteroatoms. The Morgan fingerprint density at radius 3 is 2.68 bits per heavy atom. The Balaban J connectivity index is 1.70. The topological polar surface area (TPSA) is 53.0 Å². The van der Waals surface area contributed by atoms with Crippen LogP contribution in [0.1, 0.15) is 16.8 Å². The van der Waals surface area contributed by atoms with Gasteiger partial charge in [0.25, 0.3) is 5.91 Å². The second-order valence-electron chi connectivity index (χ2n) is 6.97. The highest BCUT2D eigenvalue weighted by atomic mass is 32.2. The van der Waals surface area contributed by atoms with Crippen molar-refractivity contribution < 1.29 is 14.6 Å². The first-order valence-corrected chi connectivity index (χ1v) is 10.3. The van der Waals surface area contributed by atoms with Gasteiger partial charge in [0, 0.05) is 44.2 Å². The van der Waals surface area contributed by atoms with Crippen LogP contribution in [0.3, 0.4) is 0 Å². The molecule has 3 rings (SSSR count). The molecule has 0 aromatic heterocycles. The smallest absolute Gasteiger partial charge is 0.255 e. The zero-order chi connectivity index (χ0) is 17.6. The fourth-order valence-electron chi connectivity index (χ4n) is 3.89. The molecular weight excluding hydrogens is 336 g/mol. The summed E-state index contributed by atoms with van der Waals surface area (Å²) in [5, 5.41) is 9.71. The molecule has 25 heavy (non-hydrogen) atoms. The minimum absolute atomic E-state index is 0.0927. The lowest BCUT2D eigenvalue weighted by Crippen LogP contribution is -2.49. The summed E-state index contributed by atoms with van der Waals surface area (Å²) >= 11 is 1.60. The van der Waals surface area contributed by atoms with Gasteiger partial charge in [0.1, 0.15) is 0 Å². The van der Waals surface area contributed by atoms with E-state index in [9.17, 15) is 9.90 Å². The van der Waals surface area contributed by atoms with Crippen molar-refractivity contribution in [1.29, 1.82) is 0 Å². The van der Waals surface area contributed by atoms with Crippen molar-refractivity contribution in [2.45, 2.75) is 11.3 Å². The van der Waals surface area contributed by atoms with Crippen LogP contribution in [0.25, 0.3) is 0 Å².